The third-order valence-electron chi connectivity index (χ3n) is 5.57. The number of hydrogen-bond acceptors (Lipinski definition) is 2. The minimum absolute atomic E-state index is 0.470. The maximum Gasteiger partial charge on any atom is 0.0809 e. The van der Waals surface area contributed by atoms with Gasteiger partial charge in [0.25, 0.3) is 0 Å². The molecule has 1 saturated carbocycles. The fraction of sp³-hybridized carbons (Fsp3) is 0.867. The number of β-amino-alcohol motifs (C(OH)–C–C–N with tert-alkyl or cyclic N) is 1. The molecule has 3 aliphatic carbocycles. The number of piperidine rings is 1. The van der Waals surface area contributed by atoms with E-state index in [4.69, 9.17) is 0 Å². The Morgan fingerprint density at radius 1 is 1.47 bits per heavy atom. The van der Waals surface area contributed by atoms with Crippen LogP contribution in [0.2, 0.25) is 0 Å². The summed E-state index contributed by atoms with van der Waals surface area (Å²) in [5.41, 5.74) is 1.56. The van der Waals surface area contributed by atoms with Crippen LogP contribution < -0.4 is 5.32 Å². The summed E-state index contributed by atoms with van der Waals surface area (Å²) in [6.07, 6.45) is 8.01. The molecule has 2 bridgehead atoms. The third kappa shape index (κ3) is 1.86. The lowest BCUT2D eigenvalue weighted by atomic mass is 9.48. The van der Waals surface area contributed by atoms with Crippen molar-refractivity contribution in [3.05, 3.63) is 11.6 Å². The second kappa shape index (κ2) is 3.83. The molecule has 4 aliphatic rings. The first-order valence-corrected chi connectivity index (χ1v) is 7.13. The Kier molecular flexibility index (Phi) is 2.64. The molecule has 0 aromatic rings. The summed E-state index contributed by atoms with van der Waals surface area (Å²) in [7, 11) is 0. The Balaban J connectivity index is 1.71. The van der Waals surface area contributed by atoms with Crippen LogP contribution >= 0.6 is 0 Å². The first kappa shape index (κ1) is 11.7. The van der Waals surface area contributed by atoms with Gasteiger partial charge in [0.2, 0.25) is 0 Å². The highest BCUT2D eigenvalue weighted by Gasteiger charge is 2.52. The van der Waals surface area contributed by atoms with Crippen molar-refractivity contribution in [1.82, 2.24) is 5.32 Å². The van der Waals surface area contributed by atoms with Gasteiger partial charge in [0.15, 0.2) is 0 Å². The van der Waals surface area contributed by atoms with Gasteiger partial charge >= 0.3 is 0 Å². The number of fused-ring (bicyclic) bond motifs is 1. The van der Waals surface area contributed by atoms with Gasteiger partial charge in [-0.05, 0) is 55.9 Å². The Morgan fingerprint density at radius 2 is 2.29 bits per heavy atom. The molecule has 4 rings (SSSR count). The zero-order valence-electron chi connectivity index (χ0n) is 11.1. The molecule has 2 N–H and O–H groups in total. The molecule has 0 aromatic carbocycles. The first-order valence-electron chi connectivity index (χ1n) is 7.13. The molecule has 2 fully saturated rings. The van der Waals surface area contributed by atoms with Gasteiger partial charge in [0, 0.05) is 6.54 Å². The first-order chi connectivity index (χ1) is 8.01. The van der Waals surface area contributed by atoms with Crippen LogP contribution in [-0.2, 0) is 0 Å². The van der Waals surface area contributed by atoms with E-state index in [0.717, 1.165) is 44.2 Å². The number of hydrogen-bond donors (Lipinski definition) is 2. The van der Waals surface area contributed by atoms with Gasteiger partial charge in [0.1, 0.15) is 0 Å². The molecule has 1 saturated heterocycles. The van der Waals surface area contributed by atoms with Gasteiger partial charge in [0.05, 0.1) is 5.60 Å². The van der Waals surface area contributed by atoms with Crippen molar-refractivity contribution in [3.63, 3.8) is 0 Å². The lowest BCUT2D eigenvalue weighted by Crippen LogP contribution is -2.51. The van der Waals surface area contributed by atoms with E-state index in [1.165, 1.54) is 12.8 Å². The van der Waals surface area contributed by atoms with E-state index in [1.807, 2.05) is 0 Å². The Bertz CT molecular complexity index is 339. The lowest BCUT2D eigenvalue weighted by Gasteiger charge is -2.57. The van der Waals surface area contributed by atoms with Crippen molar-refractivity contribution in [1.29, 1.82) is 0 Å². The highest BCUT2D eigenvalue weighted by molar-refractivity contribution is 5.25. The summed E-state index contributed by atoms with van der Waals surface area (Å²) in [5.74, 6) is 1.64. The number of aliphatic hydroxyl groups is 1. The summed E-state index contributed by atoms with van der Waals surface area (Å²) >= 11 is 0. The molecular weight excluding hydrogens is 210 g/mol. The second-order valence-electron chi connectivity index (χ2n) is 7.00. The molecule has 1 aliphatic heterocycles. The second-order valence-corrected chi connectivity index (χ2v) is 7.00. The highest BCUT2D eigenvalue weighted by atomic mass is 16.3. The Morgan fingerprint density at radius 3 is 2.88 bits per heavy atom. The van der Waals surface area contributed by atoms with E-state index in [1.54, 1.807) is 5.57 Å². The van der Waals surface area contributed by atoms with E-state index in [0.29, 0.717) is 5.41 Å². The van der Waals surface area contributed by atoms with Crippen LogP contribution in [0.15, 0.2) is 11.6 Å². The van der Waals surface area contributed by atoms with Crippen LogP contribution in [0.1, 0.15) is 46.0 Å². The predicted molar refractivity (Wildman–Crippen MR) is 69.7 cm³/mol. The van der Waals surface area contributed by atoms with Crippen LogP contribution in [0.3, 0.4) is 0 Å². The van der Waals surface area contributed by atoms with Gasteiger partial charge in [-0.15, -0.1) is 0 Å². The summed E-state index contributed by atoms with van der Waals surface area (Å²) in [5, 5.41) is 14.0. The molecular formula is C15H25NO. The quantitative estimate of drug-likeness (QED) is 0.721. The van der Waals surface area contributed by atoms with Crippen LogP contribution in [0.4, 0.5) is 0 Å². The SMILES string of the molecule is CC1(C)C2CC=C(CC3(O)CCCNC3)C1C2. The fourth-order valence-electron chi connectivity index (χ4n) is 4.16. The molecule has 0 radical (unpaired) electrons. The highest BCUT2D eigenvalue weighted by Crippen LogP contribution is 2.60. The van der Waals surface area contributed by atoms with Crippen LogP contribution in [0, 0.1) is 17.3 Å². The minimum atomic E-state index is -0.470. The minimum Gasteiger partial charge on any atom is -0.388 e. The normalized spacial score (nSPS) is 43.8. The van der Waals surface area contributed by atoms with E-state index in [9.17, 15) is 5.11 Å². The van der Waals surface area contributed by atoms with Crippen LogP contribution in [0.5, 0.6) is 0 Å². The number of rotatable bonds is 2. The molecule has 0 aromatic heterocycles. The number of allylic oxidation sites excluding steroid dienone is 1. The summed E-state index contributed by atoms with van der Waals surface area (Å²) < 4.78 is 0. The smallest absolute Gasteiger partial charge is 0.0809 e. The van der Waals surface area contributed by atoms with Gasteiger partial charge < -0.3 is 10.4 Å². The van der Waals surface area contributed by atoms with Crippen LogP contribution in [0.25, 0.3) is 0 Å². The summed E-state index contributed by atoms with van der Waals surface area (Å²) in [6.45, 7) is 6.66. The largest absolute Gasteiger partial charge is 0.388 e. The van der Waals surface area contributed by atoms with Crippen molar-refractivity contribution in [2.45, 2.75) is 51.6 Å². The van der Waals surface area contributed by atoms with Crippen molar-refractivity contribution >= 4 is 0 Å². The topological polar surface area (TPSA) is 32.3 Å². The summed E-state index contributed by atoms with van der Waals surface area (Å²) in [4.78, 5) is 0. The van der Waals surface area contributed by atoms with Gasteiger partial charge in [-0.3, -0.25) is 0 Å². The monoisotopic (exact) mass is 235 g/mol. The molecule has 3 unspecified atom stereocenters. The molecule has 0 spiro atoms. The van der Waals surface area contributed by atoms with Crippen molar-refractivity contribution in [2.24, 2.45) is 17.3 Å². The van der Waals surface area contributed by atoms with E-state index in [-0.39, 0.29) is 0 Å². The fourth-order valence-corrected chi connectivity index (χ4v) is 4.16. The van der Waals surface area contributed by atoms with Gasteiger partial charge in [-0.25, -0.2) is 0 Å². The molecule has 96 valence electrons. The van der Waals surface area contributed by atoms with Gasteiger partial charge in [-0.2, -0.15) is 0 Å². The average Bonchev–Trinajstić information content (AvgIpc) is 2.29. The average molecular weight is 235 g/mol. The maximum atomic E-state index is 10.6. The molecule has 3 atom stereocenters. The predicted octanol–water partition coefficient (Wildman–Crippen LogP) is 2.48. The molecule has 17 heavy (non-hydrogen) atoms. The maximum absolute atomic E-state index is 10.6. The number of nitrogens with one attached hydrogen (secondary N) is 1. The van der Waals surface area contributed by atoms with E-state index >= 15 is 0 Å². The molecule has 2 heteroatoms. The van der Waals surface area contributed by atoms with Crippen molar-refractivity contribution in [3.8, 4) is 0 Å². The van der Waals surface area contributed by atoms with Crippen LogP contribution in [-0.4, -0.2) is 23.8 Å². The van der Waals surface area contributed by atoms with E-state index < -0.39 is 5.60 Å². The van der Waals surface area contributed by atoms with E-state index in [2.05, 4.69) is 25.2 Å². The Hall–Kier alpha value is -0.340. The lowest BCUT2D eigenvalue weighted by molar-refractivity contribution is -0.0297. The molecule has 0 amide bonds. The zero-order valence-corrected chi connectivity index (χ0v) is 11.1. The molecule has 2 nitrogen and oxygen atoms in total. The van der Waals surface area contributed by atoms with Crippen molar-refractivity contribution in [2.75, 3.05) is 13.1 Å². The van der Waals surface area contributed by atoms with Gasteiger partial charge in [-0.1, -0.05) is 25.5 Å². The third-order valence-corrected chi connectivity index (χ3v) is 5.57. The zero-order chi connectivity index (χ0) is 12.1. The van der Waals surface area contributed by atoms with Crippen molar-refractivity contribution < 1.29 is 5.11 Å². The molecule has 1 heterocycles. The standard InChI is InChI=1S/C15H25NO/c1-14(2)12-5-4-11(13(14)8-12)9-15(17)6-3-7-16-10-15/h4,12-13,16-17H,3,5-10H2,1-2H3. The Labute approximate surface area is 104 Å². The summed E-state index contributed by atoms with van der Waals surface area (Å²) in [6, 6.07) is 0.